The van der Waals surface area contributed by atoms with Crippen molar-refractivity contribution in [3.8, 4) is 0 Å². The highest BCUT2D eigenvalue weighted by molar-refractivity contribution is 7.89. The minimum atomic E-state index is -3.69. The molecule has 0 atom stereocenters. The SMILES string of the molecule is NS(=O)(=O)c1ccc(CCNC(=O)c2ccc3nnnn3c2)cc1. The van der Waals surface area contributed by atoms with Gasteiger partial charge in [0.25, 0.3) is 5.91 Å². The lowest BCUT2D eigenvalue weighted by molar-refractivity contribution is 0.0953. The van der Waals surface area contributed by atoms with Crippen LogP contribution in [0, 0.1) is 0 Å². The van der Waals surface area contributed by atoms with Gasteiger partial charge in [-0.2, -0.15) is 4.52 Å². The number of rotatable bonds is 5. The van der Waals surface area contributed by atoms with Crippen LogP contribution in [0.1, 0.15) is 15.9 Å². The number of fused-ring (bicyclic) bond motifs is 1. The van der Waals surface area contributed by atoms with Gasteiger partial charge in [0.15, 0.2) is 5.65 Å². The number of nitrogens with one attached hydrogen (secondary N) is 1. The maximum absolute atomic E-state index is 12.1. The number of pyridine rings is 1. The number of carbonyl (C=O) groups is 1. The summed E-state index contributed by atoms with van der Waals surface area (Å²) in [6, 6.07) is 9.51. The zero-order valence-corrected chi connectivity index (χ0v) is 13.3. The van der Waals surface area contributed by atoms with Crippen molar-refractivity contribution in [1.29, 1.82) is 0 Å². The van der Waals surface area contributed by atoms with Gasteiger partial charge < -0.3 is 5.32 Å². The highest BCUT2D eigenvalue weighted by Gasteiger charge is 2.09. The van der Waals surface area contributed by atoms with Crippen LogP contribution in [0.4, 0.5) is 0 Å². The predicted molar refractivity (Wildman–Crippen MR) is 84.6 cm³/mol. The highest BCUT2D eigenvalue weighted by atomic mass is 32.2. The van der Waals surface area contributed by atoms with E-state index in [0.717, 1.165) is 5.56 Å². The van der Waals surface area contributed by atoms with E-state index in [4.69, 9.17) is 5.14 Å². The van der Waals surface area contributed by atoms with Gasteiger partial charge >= 0.3 is 0 Å². The number of sulfonamides is 1. The van der Waals surface area contributed by atoms with Gasteiger partial charge in [0.1, 0.15) is 0 Å². The summed E-state index contributed by atoms with van der Waals surface area (Å²) in [5, 5.41) is 18.8. The number of carbonyl (C=O) groups excluding carboxylic acids is 1. The standard InChI is InChI=1S/C14H14N6O3S/c15-24(22,23)12-4-1-10(2-5-12)7-8-16-14(21)11-3-6-13-17-18-19-20(13)9-11/h1-6,9H,7-8H2,(H,16,21)(H2,15,22,23). The molecule has 0 saturated heterocycles. The Hall–Kier alpha value is -2.85. The van der Waals surface area contributed by atoms with Crippen molar-refractivity contribution in [1.82, 2.24) is 25.4 Å². The molecule has 1 aromatic carbocycles. The number of aromatic nitrogens is 4. The number of tetrazole rings is 1. The van der Waals surface area contributed by atoms with Gasteiger partial charge in [0, 0.05) is 12.7 Å². The van der Waals surface area contributed by atoms with Gasteiger partial charge in [-0.15, -0.1) is 5.10 Å². The Morgan fingerprint density at radius 1 is 1.17 bits per heavy atom. The van der Waals surface area contributed by atoms with E-state index in [1.807, 2.05) is 0 Å². The largest absolute Gasteiger partial charge is 0.352 e. The quantitative estimate of drug-likeness (QED) is 0.654. The van der Waals surface area contributed by atoms with Crippen molar-refractivity contribution >= 4 is 21.6 Å². The molecular formula is C14H14N6O3S. The molecule has 0 aliphatic rings. The van der Waals surface area contributed by atoms with E-state index >= 15 is 0 Å². The fraction of sp³-hybridized carbons (Fsp3) is 0.143. The molecule has 10 heteroatoms. The maximum atomic E-state index is 12.1. The van der Waals surface area contributed by atoms with Gasteiger partial charge in [-0.05, 0) is 46.7 Å². The van der Waals surface area contributed by atoms with Crippen LogP contribution in [0.2, 0.25) is 0 Å². The fourth-order valence-electron chi connectivity index (χ4n) is 2.14. The molecule has 0 spiro atoms. The van der Waals surface area contributed by atoms with Crippen LogP contribution in [0.25, 0.3) is 5.65 Å². The van der Waals surface area contributed by atoms with Gasteiger partial charge in [-0.25, -0.2) is 13.6 Å². The molecule has 24 heavy (non-hydrogen) atoms. The molecule has 0 aliphatic carbocycles. The first kappa shape index (κ1) is 16.0. The van der Waals surface area contributed by atoms with Crippen molar-refractivity contribution in [2.75, 3.05) is 6.54 Å². The third-order valence-electron chi connectivity index (χ3n) is 3.40. The molecule has 3 N–H and O–H groups in total. The van der Waals surface area contributed by atoms with Crippen LogP contribution < -0.4 is 10.5 Å². The third kappa shape index (κ3) is 3.55. The van der Waals surface area contributed by atoms with Crippen molar-refractivity contribution < 1.29 is 13.2 Å². The van der Waals surface area contributed by atoms with Crippen LogP contribution >= 0.6 is 0 Å². The molecule has 0 unspecified atom stereocenters. The van der Waals surface area contributed by atoms with Crippen molar-refractivity contribution in [3.05, 3.63) is 53.7 Å². The van der Waals surface area contributed by atoms with Crippen LogP contribution in [-0.2, 0) is 16.4 Å². The first-order valence-electron chi connectivity index (χ1n) is 7.01. The molecule has 0 saturated carbocycles. The summed E-state index contributed by atoms with van der Waals surface area (Å²) in [6.07, 6.45) is 2.11. The molecule has 124 valence electrons. The van der Waals surface area contributed by atoms with Gasteiger partial charge in [0.2, 0.25) is 10.0 Å². The van der Waals surface area contributed by atoms with Crippen molar-refractivity contribution in [2.24, 2.45) is 5.14 Å². The zero-order chi connectivity index (χ0) is 17.2. The summed E-state index contributed by atoms with van der Waals surface area (Å²) >= 11 is 0. The number of amides is 1. The van der Waals surface area contributed by atoms with E-state index in [1.54, 1.807) is 30.5 Å². The Kier molecular flexibility index (Phi) is 4.23. The zero-order valence-electron chi connectivity index (χ0n) is 12.5. The Morgan fingerprint density at radius 3 is 2.62 bits per heavy atom. The van der Waals surface area contributed by atoms with Crippen LogP contribution in [0.3, 0.4) is 0 Å². The molecule has 0 aliphatic heterocycles. The summed E-state index contributed by atoms with van der Waals surface area (Å²) in [5.74, 6) is -0.242. The lowest BCUT2D eigenvalue weighted by Gasteiger charge is -2.06. The molecule has 0 bridgehead atoms. The fourth-order valence-corrected chi connectivity index (χ4v) is 2.66. The first-order valence-corrected chi connectivity index (χ1v) is 8.56. The van der Waals surface area contributed by atoms with Gasteiger partial charge in [0.05, 0.1) is 10.5 Å². The van der Waals surface area contributed by atoms with Gasteiger partial charge in [-0.3, -0.25) is 4.79 Å². The predicted octanol–water partition coefficient (Wildman–Crippen LogP) is -0.256. The molecule has 9 nitrogen and oxygen atoms in total. The summed E-state index contributed by atoms with van der Waals surface area (Å²) in [7, 11) is -3.69. The maximum Gasteiger partial charge on any atom is 0.252 e. The molecule has 3 rings (SSSR count). The number of nitrogens with zero attached hydrogens (tertiary/aromatic N) is 4. The summed E-state index contributed by atoms with van der Waals surface area (Å²) in [4.78, 5) is 12.2. The number of primary sulfonamides is 1. The molecule has 0 radical (unpaired) electrons. The Balaban J connectivity index is 1.58. The average molecular weight is 346 g/mol. The molecule has 0 fully saturated rings. The van der Waals surface area contributed by atoms with E-state index in [0.29, 0.717) is 24.2 Å². The van der Waals surface area contributed by atoms with Crippen LogP contribution in [0.5, 0.6) is 0 Å². The van der Waals surface area contributed by atoms with Gasteiger partial charge in [-0.1, -0.05) is 12.1 Å². The molecular weight excluding hydrogens is 332 g/mol. The number of benzene rings is 1. The third-order valence-corrected chi connectivity index (χ3v) is 4.33. The number of hydrogen-bond acceptors (Lipinski definition) is 6. The molecule has 2 aromatic heterocycles. The summed E-state index contributed by atoms with van der Waals surface area (Å²) in [5.41, 5.74) is 1.89. The smallest absolute Gasteiger partial charge is 0.252 e. The second-order valence-corrected chi connectivity index (χ2v) is 6.66. The lowest BCUT2D eigenvalue weighted by atomic mass is 10.1. The summed E-state index contributed by atoms with van der Waals surface area (Å²) < 4.78 is 23.8. The van der Waals surface area contributed by atoms with Crippen LogP contribution in [-0.4, -0.2) is 40.9 Å². The van der Waals surface area contributed by atoms with Crippen molar-refractivity contribution in [2.45, 2.75) is 11.3 Å². The van der Waals surface area contributed by atoms with E-state index in [2.05, 4.69) is 20.8 Å². The van der Waals surface area contributed by atoms with E-state index in [9.17, 15) is 13.2 Å². The van der Waals surface area contributed by atoms with Crippen molar-refractivity contribution in [3.63, 3.8) is 0 Å². The minimum absolute atomic E-state index is 0.0602. The molecule has 2 heterocycles. The Labute approximate surface area is 137 Å². The average Bonchev–Trinajstić information content (AvgIpc) is 3.02. The van der Waals surface area contributed by atoms with E-state index in [1.165, 1.54) is 16.6 Å². The second-order valence-electron chi connectivity index (χ2n) is 5.09. The molecule has 1 amide bonds. The first-order chi connectivity index (χ1) is 11.4. The lowest BCUT2D eigenvalue weighted by Crippen LogP contribution is -2.26. The highest BCUT2D eigenvalue weighted by Crippen LogP contribution is 2.09. The monoisotopic (exact) mass is 346 g/mol. The second kappa shape index (κ2) is 6.34. The van der Waals surface area contributed by atoms with E-state index in [-0.39, 0.29) is 10.8 Å². The topological polar surface area (TPSA) is 132 Å². The normalized spacial score (nSPS) is 11.5. The minimum Gasteiger partial charge on any atom is -0.352 e. The molecule has 3 aromatic rings. The van der Waals surface area contributed by atoms with Crippen LogP contribution in [0.15, 0.2) is 47.5 Å². The Bertz CT molecular complexity index is 981. The Morgan fingerprint density at radius 2 is 1.92 bits per heavy atom. The number of nitrogens with two attached hydrogens (primary N) is 1. The summed E-state index contributed by atoms with van der Waals surface area (Å²) in [6.45, 7) is 0.404. The van der Waals surface area contributed by atoms with E-state index < -0.39 is 10.0 Å². The number of hydrogen-bond donors (Lipinski definition) is 2.